The number of fused-ring (bicyclic) bond motifs is 1. The predicted octanol–water partition coefficient (Wildman–Crippen LogP) is 1.53. The van der Waals surface area contributed by atoms with Crippen LogP contribution in [0.5, 0.6) is 11.5 Å². The molecule has 1 atom stereocenters. The molecule has 124 valence electrons. The summed E-state index contributed by atoms with van der Waals surface area (Å²) in [4.78, 5) is 6.67. The van der Waals surface area contributed by atoms with Crippen LogP contribution >= 0.6 is 0 Å². The Morgan fingerprint density at radius 1 is 1.26 bits per heavy atom. The molecule has 2 heterocycles. The van der Waals surface area contributed by atoms with Gasteiger partial charge < -0.3 is 19.1 Å². The molecule has 0 aliphatic carbocycles. The number of β-amino-alcohol motifs (C(OH)–C–C–N with tert-alkyl or cyclic N) is 1. The molecule has 0 radical (unpaired) electrons. The van der Waals surface area contributed by atoms with Crippen molar-refractivity contribution in [1.29, 1.82) is 0 Å². The monoisotopic (exact) mass is 317 g/mol. The maximum absolute atomic E-state index is 10.5. The highest BCUT2D eigenvalue weighted by Gasteiger charge is 2.22. The lowest BCUT2D eigenvalue weighted by Crippen LogP contribution is -2.34. The van der Waals surface area contributed by atoms with Gasteiger partial charge in [0.15, 0.2) is 11.5 Å². The van der Waals surface area contributed by atoms with Crippen LogP contribution in [-0.2, 0) is 20.0 Å². The van der Waals surface area contributed by atoms with E-state index in [1.165, 1.54) is 5.69 Å². The Balaban J connectivity index is 1.69. The van der Waals surface area contributed by atoms with Gasteiger partial charge in [0.1, 0.15) is 0 Å². The van der Waals surface area contributed by atoms with Gasteiger partial charge in [-0.15, -0.1) is 0 Å². The fourth-order valence-corrected chi connectivity index (χ4v) is 3.08. The number of methoxy groups -OCH3 is 2. The molecule has 0 saturated carbocycles. The summed E-state index contributed by atoms with van der Waals surface area (Å²) in [5.74, 6) is 1.30. The van der Waals surface area contributed by atoms with E-state index < -0.39 is 6.10 Å². The van der Waals surface area contributed by atoms with Gasteiger partial charge in [-0.05, 0) is 17.7 Å². The van der Waals surface area contributed by atoms with Crippen LogP contribution < -0.4 is 9.47 Å². The second-order valence-corrected chi connectivity index (χ2v) is 5.86. The van der Waals surface area contributed by atoms with Crippen LogP contribution in [0.4, 0.5) is 0 Å². The van der Waals surface area contributed by atoms with E-state index >= 15 is 0 Å². The number of rotatable bonds is 5. The second-order valence-electron chi connectivity index (χ2n) is 5.86. The molecule has 0 saturated heterocycles. The van der Waals surface area contributed by atoms with Crippen LogP contribution in [0.1, 0.15) is 23.1 Å². The van der Waals surface area contributed by atoms with Gasteiger partial charge in [-0.3, -0.25) is 4.90 Å². The van der Waals surface area contributed by atoms with Crippen molar-refractivity contribution in [2.75, 3.05) is 27.3 Å². The molecule has 3 rings (SSSR count). The van der Waals surface area contributed by atoms with E-state index in [2.05, 4.69) is 14.5 Å². The Bertz CT molecular complexity index is 684. The largest absolute Gasteiger partial charge is 0.493 e. The molecular formula is C17H23N3O3. The maximum Gasteiger partial charge on any atom is 0.161 e. The zero-order valence-electron chi connectivity index (χ0n) is 13.8. The number of aliphatic hydroxyl groups is 1. The highest BCUT2D eigenvalue weighted by atomic mass is 16.5. The first-order valence-electron chi connectivity index (χ1n) is 7.73. The average molecular weight is 317 g/mol. The van der Waals surface area contributed by atoms with Crippen molar-refractivity contribution in [3.8, 4) is 11.5 Å². The van der Waals surface area contributed by atoms with Crippen LogP contribution in [0.2, 0.25) is 0 Å². The Hall–Kier alpha value is -2.05. The lowest BCUT2D eigenvalue weighted by Gasteiger charge is -2.28. The Kier molecular flexibility index (Phi) is 4.54. The average Bonchev–Trinajstić information content (AvgIpc) is 2.94. The van der Waals surface area contributed by atoms with Crippen molar-refractivity contribution in [3.05, 3.63) is 41.5 Å². The molecule has 6 nitrogen and oxygen atoms in total. The highest BCUT2D eigenvalue weighted by Crippen LogP contribution is 2.30. The summed E-state index contributed by atoms with van der Waals surface area (Å²) in [6.45, 7) is 2.28. The Morgan fingerprint density at radius 2 is 2.04 bits per heavy atom. The number of aryl methyl sites for hydroxylation is 1. The van der Waals surface area contributed by atoms with E-state index in [4.69, 9.17) is 9.47 Å². The van der Waals surface area contributed by atoms with E-state index in [1.54, 1.807) is 14.2 Å². The number of hydrogen-bond acceptors (Lipinski definition) is 5. The molecule has 1 aromatic carbocycles. The van der Waals surface area contributed by atoms with Gasteiger partial charge in [0.05, 0.1) is 32.3 Å². The molecule has 1 aromatic heterocycles. The minimum atomic E-state index is -0.569. The van der Waals surface area contributed by atoms with Gasteiger partial charge in [-0.2, -0.15) is 0 Å². The van der Waals surface area contributed by atoms with E-state index in [0.717, 1.165) is 30.8 Å². The van der Waals surface area contributed by atoms with Gasteiger partial charge in [0, 0.05) is 38.8 Å². The molecule has 0 unspecified atom stereocenters. The van der Waals surface area contributed by atoms with Gasteiger partial charge >= 0.3 is 0 Å². The van der Waals surface area contributed by atoms with Crippen molar-refractivity contribution in [2.24, 2.45) is 7.05 Å². The molecule has 2 aromatic rings. The molecule has 23 heavy (non-hydrogen) atoms. The van der Waals surface area contributed by atoms with Crippen molar-refractivity contribution >= 4 is 0 Å². The van der Waals surface area contributed by atoms with E-state index in [9.17, 15) is 5.11 Å². The summed E-state index contributed by atoms with van der Waals surface area (Å²) < 4.78 is 12.6. The summed E-state index contributed by atoms with van der Waals surface area (Å²) in [6, 6.07) is 5.53. The molecular weight excluding hydrogens is 294 g/mol. The first-order chi connectivity index (χ1) is 11.1. The van der Waals surface area contributed by atoms with Crippen LogP contribution in [0.25, 0.3) is 0 Å². The minimum Gasteiger partial charge on any atom is -0.493 e. The number of nitrogens with zero attached hydrogens (tertiary/aromatic N) is 3. The van der Waals surface area contributed by atoms with Crippen LogP contribution in [-0.4, -0.2) is 46.9 Å². The van der Waals surface area contributed by atoms with Crippen molar-refractivity contribution in [3.63, 3.8) is 0 Å². The fourth-order valence-electron chi connectivity index (χ4n) is 3.08. The lowest BCUT2D eigenvalue weighted by atomic mass is 10.1. The summed E-state index contributed by atoms with van der Waals surface area (Å²) in [5.41, 5.74) is 3.23. The Labute approximate surface area is 136 Å². The fraction of sp³-hybridized carbons (Fsp3) is 0.471. The first-order valence-corrected chi connectivity index (χ1v) is 7.73. The second kappa shape index (κ2) is 6.60. The molecule has 1 aliphatic heterocycles. The molecule has 0 fully saturated rings. The number of ether oxygens (including phenoxy) is 2. The summed E-state index contributed by atoms with van der Waals surface area (Å²) >= 11 is 0. The first kappa shape index (κ1) is 15.8. The minimum absolute atomic E-state index is 0.569. The number of aromatic nitrogens is 2. The van der Waals surface area contributed by atoms with Crippen LogP contribution in [0.3, 0.4) is 0 Å². The number of imidazole rings is 1. The van der Waals surface area contributed by atoms with Crippen LogP contribution in [0.15, 0.2) is 24.5 Å². The summed E-state index contributed by atoms with van der Waals surface area (Å²) in [7, 11) is 5.23. The third-order valence-electron chi connectivity index (χ3n) is 4.41. The standard InChI is InChI=1S/C17H23N3O3/c1-19-11-18-13-9-20(7-6-14(13)19)10-15(21)12-4-5-16(22-2)17(8-12)23-3/h4-5,8,11,15,21H,6-7,9-10H2,1-3H3/t15-/m1/s1. The van der Waals surface area contributed by atoms with Gasteiger partial charge in [0.25, 0.3) is 0 Å². The molecule has 1 N–H and O–H groups in total. The van der Waals surface area contributed by atoms with Gasteiger partial charge in [-0.1, -0.05) is 6.07 Å². The molecule has 0 spiro atoms. The summed E-state index contributed by atoms with van der Waals surface area (Å²) in [5, 5.41) is 10.5. The number of benzene rings is 1. The Morgan fingerprint density at radius 3 is 2.78 bits per heavy atom. The SMILES string of the molecule is COc1ccc([C@H](O)CN2CCc3c(ncn3C)C2)cc1OC. The van der Waals surface area contributed by atoms with Crippen molar-refractivity contribution in [1.82, 2.24) is 14.5 Å². The molecule has 0 amide bonds. The third kappa shape index (κ3) is 3.18. The van der Waals surface area contributed by atoms with Gasteiger partial charge in [0.2, 0.25) is 0 Å². The predicted molar refractivity (Wildman–Crippen MR) is 86.7 cm³/mol. The normalized spacial score (nSPS) is 16.0. The van der Waals surface area contributed by atoms with E-state index in [-0.39, 0.29) is 0 Å². The topological polar surface area (TPSA) is 59.8 Å². The third-order valence-corrected chi connectivity index (χ3v) is 4.41. The lowest BCUT2D eigenvalue weighted by molar-refractivity contribution is 0.104. The zero-order valence-corrected chi connectivity index (χ0v) is 13.8. The van der Waals surface area contributed by atoms with Crippen molar-refractivity contribution in [2.45, 2.75) is 19.1 Å². The smallest absolute Gasteiger partial charge is 0.161 e. The molecule has 1 aliphatic rings. The zero-order chi connectivity index (χ0) is 16.4. The molecule has 6 heteroatoms. The molecule has 0 bridgehead atoms. The maximum atomic E-state index is 10.5. The highest BCUT2D eigenvalue weighted by molar-refractivity contribution is 5.43. The van der Waals surface area contributed by atoms with Gasteiger partial charge in [-0.25, -0.2) is 4.98 Å². The van der Waals surface area contributed by atoms with Crippen LogP contribution in [0, 0.1) is 0 Å². The van der Waals surface area contributed by atoms with E-state index in [0.29, 0.717) is 18.0 Å². The van der Waals surface area contributed by atoms with Crippen molar-refractivity contribution < 1.29 is 14.6 Å². The quantitative estimate of drug-likeness (QED) is 0.906. The number of aliphatic hydroxyl groups excluding tert-OH is 1. The van der Waals surface area contributed by atoms with E-state index in [1.807, 2.05) is 31.6 Å². The summed E-state index contributed by atoms with van der Waals surface area (Å²) in [6.07, 6.45) is 2.25. The number of hydrogen-bond donors (Lipinski definition) is 1.